The summed E-state index contributed by atoms with van der Waals surface area (Å²) in [6.45, 7) is 35.6. The number of nitrogens with one attached hydrogen (secondary N) is 1. The molecule has 9 aromatic heterocycles. The Kier molecular flexibility index (Phi) is 34.0. The Morgan fingerprint density at radius 3 is 1.38 bits per heavy atom. The number of hydrogen-bond acceptors (Lipinski definition) is 24. The lowest BCUT2D eigenvalue weighted by Gasteiger charge is -2.06. The number of carboxylic acids is 10. The first-order valence-electron chi connectivity index (χ1n) is 36.9. The third-order valence-electron chi connectivity index (χ3n) is 17.8. The van der Waals surface area contributed by atoms with Gasteiger partial charge in [-0.05, 0) is 255 Å². The molecule has 123 heavy (non-hydrogen) atoms. The van der Waals surface area contributed by atoms with Crippen molar-refractivity contribution in [3.63, 3.8) is 0 Å². The first kappa shape index (κ1) is 97.4. The Labute approximate surface area is 716 Å². The van der Waals surface area contributed by atoms with E-state index in [-0.39, 0.29) is 28.3 Å². The minimum Gasteiger partial charge on any atom is -0.478 e. The van der Waals surface area contributed by atoms with Crippen LogP contribution in [0.4, 0.5) is 0 Å². The normalized spacial score (nSPS) is 10.4. The van der Waals surface area contributed by atoms with Crippen molar-refractivity contribution in [3.8, 4) is 11.1 Å². The number of thiophene rings is 1. The maximum atomic E-state index is 11.2. The zero-order valence-electron chi connectivity index (χ0n) is 70.6. The van der Waals surface area contributed by atoms with Crippen molar-refractivity contribution in [3.05, 3.63) is 281 Å². The third kappa shape index (κ3) is 26.8. The van der Waals surface area contributed by atoms with Crippen LogP contribution in [0.2, 0.25) is 0 Å². The second kappa shape index (κ2) is 43.0. The highest BCUT2D eigenvalue weighted by Gasteiger charge is 2.23. The molecule has 1 aliphatic rings. The summed E-state index contributed by atoms with van der Waals surface area (Å²) in [4.78, 5) is 138. The highest BCUT2D eigenvalue weighted by atomic mass is 32.1. The Morgan fingerprint density at radius 1 is 0.382 bits per heavy atom. The Morgan fingerprint density at radius 2 is 0.919 bits per heavy atom. The van der Waals surface area contributed by atoms with Crippen molar-refractivity contribution < 1.29 is 108 Å². The quantitative estimate of drug-likeness (QED) is 0.0606. The fraction of sp³-hybridized carbons (Fsp3) is 0.239. The van der Waals surface area contributed by atoms with Crippen LogP contribution in [0.3, 0.4) is 0 Å². The summed E-state index contributed by atoms with van der Waals surface area (Å²) in [5, 5.41) is 89.8. The summed E-state index contributed by atoms with van der Waals surface area (Å²) < 4.78 is 19.0. The first-order chi connectivity index (χ1) is 57.5. The van der Waals surface area contributed by atoms with Gasteiger partial charge in [-0.2, -0.15) is 8.75 Å². The van der Waals surface area contributed by atoms with Crippen molar-refractivity contribution >= 4 is 127 Å². The van der Waals surface area contributed by atoms with Gasteiger partial charge in [-0.1, -0.05) is 42.0 Å². The van der Waals surface area contributed by atoms with Crippen LogP contribution in [0.25, 0.3) is 44.1 Å². The number of aryl methyl sites for hydroxylation is 20. The molecule has 0 fully saturated rings. The average molecular weight is 1740 g/mol. The van der Waals surface area contributed by atoms with Crippen molar-refractivity contribution in [1.82, 2.24) is 48.6 Å². The van der Waals surface area contributed by atoms with E-state index >= 15 is 0 Å². The molecular weight excluding hydrogens is 1650 g/mol. The topological polar surface area (TPSA) is 531 Å². The molecule has 0 unspecified atom stereocenters. The number of H-pyrrole nitrogens is 1. The summed E-state index contributed by atoms with van der Waals surface area (Å²) in [7, 11) is 0. The fourth-order valence-corrected chi connectivity index (χ4v) is 14.5. The van der Waals surface area contributed by atoms with Crippen molar-refractivity contribution in [1.29, 1.82) is 0 Å². The highest BCUT2D eigenvalue weighted by Crippen LogP contribution is 2.39. The average Bonchev–Trinajstić information content (AvgIpc) is 1.64. The van der Waals surface area contributed by atoms with Crippen molar-refractivity contribution in [2.24, 2.45) is 0 Å². The number of benzene rings is 5. The number of thiazole rings is 1. The minimum atomic E-state index is -1.13. The molecular formula is C88H90N10O22S3. The van der Waals surface area contributed by atoms with Crippen LogP contribution < -0.4 is 0 Å². The molecule has 0 aliphatic heterocycles. The number of carboxylic acid groups (broad SMARTS) is 10. The van der Waals surface area contributed by atoms with E-state index in [4.69, 9.17) is 54.8 Å². The van der Waals surface area contributed by atoms with Gasteiger partial charge < -0.3 is 64.9 Å². The van der Waals surface area contributed by atoms with E-state index in [0.717, 1.165) is 98.8 Å². The zero-order chi connectivity index (χ0) is 92.2. The molecule has 0 radical (unpaired) electrons. The van der Waals surface area contributed by atoms with Crippen LogP contribution in [-0.2, 0) is 6.42 Å². The Bertz CT molecular complexity index is 6080. The number of rotatable bonds is 10. The second-order valence-electron chi connectivity index (χ2n) is 27.9. The van der Waals surface area contributed by atoms with Gasteiger partial charge in [0.25, 0.3) is 0 Å². The molecule has 0 saturated heterocycles. The highest BCUT2D eigenvalue weighted by molar-refractivity contribution is 7.12. The Hall–Kier alpha value is -14.5. The van der Waals surface area contributed by atoms with Crippen LogP contribution in [0.1, 0.15) is 225 Å². The third-order valence-corrected chi connectivity index (χ3v) is 20.2. The summed E-state index contributed by atoms with van der Waals surface area (Å²) >= 11 is 4.03. The van der Waals surface area contributed by atoms with E-state index in [1.54, 1.807) is 132 Å². The number of aromatic nitrogens is 10. The molecule has 5 aromatic carbocycles. The monoisotopic (exact) mass is 1730 g/mol. The van der Waals surface area contributed by atoms with E-state index in [1.165, 1.54) is 51.0 Å². The smallest absolute Gasteiger partial charge is 0.374 e. The van der Waals surface area contributed by atoms with Gasteiger partial charge in [-0.25, -0.2) is 72.9 Å². The largest absolute Gasteiger partial charge is 0.478 e. The van der Waals surface area contributed by atoms with E-state index in [2.05, 4.69) is 73.7 Å². The Balaban J connectivity index is 0.000000213. The molecule has 14 aromatic rings. The van der Waals surface area contributed by atoms with Gasteiger partial charge >= 0.3 is 59.7 Å². The van der Waals surface area contributed by atoms with Gasteiger partial charge in [-0.3, -0.25) is 9.97 Å². The standard InChI is InChI=1S/C16H14O2.C15H12O3.C9H8N2O2S.C8H9NO2.C7H8N2O2.C7H9NO2.C7H8O3.C7H8O2S.C6H7N3O2.C6H7NO2S/c1-9-3-4-13-11(5-9)7-12-6-10(2)14(16(17)18)8-15(12)13;1-8-3-4-10-12-7-11(15(16)17)9(2)6-14(12)18-13(10)5-8;1-4-3-6(9(12)13)5(2)8-7(4)10-14-11-8;1-5-3-7(8(10)11)6(2)9-4-5;1-4-3-8-5(2)6(9-4)7(10)11;1-4-3-6(7(9)10)5(2)8-4;2*1-4-3-6(7(8)9)5(2)10-4;1-3-7-4(2)9-5(8-3)6(10)11;1-3-5(6(8)9)7-4(2)10-3/h3-6,8H,7H2,1-2H3,(H,17,18);3-7H,1-2H3,(H,16,17);3H,1-2H3,(H,12,13);3-4H,1-2H3,(H,10,11);3H,1-2H3,(H,10,11);3,8H,1-2H3,(H,9,10);2*3H,1-2H3,(H,8,9);1-2H3,(H,10,11);1-2H3,(H,8,9). The fourth-order valence-electron chi connectivity index (χ4n) is 12.1. The first-order valence-corrected chi connectivity index (χ1v) is 39.2. The van der Waals surface area contributed by atoms with Crippen LogP contribution in [0, 0.1) is 138 Å². The van der Waals surface area contributed by atoms with Crippen LogP contribution in [0.15, 0.2) is 112 Å². The number of hydrogen-bond donors (Lipinski definition) is 11. The second-order valence-corrected chi connectivity index (χ2v) is 31.3. The number of carbonyl (C=O) groups is 10. The number of aromatic carboxylic acids is 10. The molecule has 15 rings (SSSR count). The van der Waals surface area contributed by atoms with E-state index in [1.807, 2.05) is 78.8 Å². The maximum absolute atomic E-state index is 11.2. The molecule has 0 saturated carbocycles. The lowest BCUT2D eigenvalue weighted by Crippen LogP contribution is -2.08. The summed E-state index contributed by atoms with van der Waals surface area (Å²) in [6, 6.07) is 27.7. The zero-order valence-corrected chi connectivity index (χ0v) is 73.1. The van der Waals surface area contributed by atoms with Gasteiger partial charge in [0.1, 0.15) is 50.9 Å². The van der Waals surface area contributed by atoms with Crippen molar-refractivity contribution in [2.45, 2.75) is 145 Å². The number of furan rings is 2. The van der Waals surface area contributed by atoms with Gasteiger partial charge in [-0.15, -0.1) is 22.7 Å². The minimum absolute atomic E-state index is 0.0324. The lowest BCUT2D eigenvalue weighted by atomic mass is 9.99. The van der Waals surface area contributed by atoms with E-state index < -0.39 is 59.7 Å². The number of pyridine rings is 1. The SMILES string of the molecule is Cc1cc(C(=O)O)c(C)[nH]1.Cc1cc(C(=O)O)c(C)c2nsnc12.Cc1cc(C(=O)O)c(C)o1.Cc1cc(C(=O)O)c(C)s1.Cc1ccc2c(c1)Cc1cc(C)c(C(=O)O)cc1-2.Cc1ccc2c(c1)oc1cc(C)c(C(=O)O)cc12.Cc1cnc(C)c(C(=O)O)c1.Cc1cnc(C)c(C(=O)O)n1.Cc1nc(C(=O)O)c(C)s1.Cc1nc(C)nc(C(=O)O)n1. The molecule has 0 atom stereocenters. The molecule has 0 bridgehead atoms. The van der Waals surface area contributed by atoms with Gasteiger partial charge in [0.05, 0.1) is 67.2 Å². The number of aromatic amines is 1. The maximum Gasteiger partial charge on any atom is 0.374 e. The summed E-state index contributed by atoms with van der Waals surface area (Å²) in [5.74, 6) is -7.58. The molecule has 642 valence electrons. The van der Waals surface area contributed by atoms with E-state index in [9.17, 15) is 53.1 Å². The lowest BCUT2D eigenvalue weighted by molar-refractivity contribution is 0.0673. The van der Waals surface area contributed by atoms with E-state index in [0.29, 0.717) is 90.4 Å². The summed E-state index contributed by atoms with van der Waals surface area (Å²) in [6.07, 6.45) is 4.11. The molecule has 0 amide bonds. The molecule has 32 nitrogen and oxygen atoms in total. The van der Waals surface area contributed by atoms with Gasteiger partial charge in [0, 0.05) is 49.2 Å². The predicted octanol–water partition coefficient (Wildman–Crippen LogP) is 18.3. The molecule has 9 heterocycles. The van der Waals surface area contributed by atoms with Gasteiger partial charge in [0.2, 0.25) is 5.82 Å². The van der Waals surface area contributed by atoms with Crippen LogP contribution >= 0.6 is 34.4 Å². The van der Waals surface area contributed by atoms with Crippen LogP contribution in [0.5, 0.6) is 0 Å². The molecule has 0 spiro atoms. The van der Waals surface area contributed by atoms with Crippen molar-refractivity contribution in [2.75, 3.05) is 0 Å². The molecule has 11 N–H and O–H groups in total. The molecule has 35 heteroatoms. The molecule has 1 aliphatic carbocycles. The summed E-state index contributed by atoms with van der Waals surface area (Å²) in [5.41, 5.74) is 20.0. The van der Waals surface area contributed by atoms with Gasteiger partial charge in [0.15, 0.2) is 11.4 Å². The van der Waals surface area contributed by atoms with Crippen LogP contribution in [-0.4, -0.2) is 159 Å². The predicted molar refractivity (Wildman–Crippen MR) is 462 cm³/mol. The number of nitrogens with zero attached hydrogens (tertiary/aromatic N) is 9. The number of fused-ring (bicyclic) bond motifs is 7.